The van der Waals surface area contributed by atoms with Crippen LogP contribution in [0.2, 0.25) is 5.02 Å². The Labute approximate surface area is 108 Å². The van der Waals surface area contributed by atoms with Crippen molar-refractivity contribution < 1.29 is 9.47 Å². The maximum absolute atomic E-state index is 6.11. The molecule has 0 amide bonds. The summed E-state index contributed by atoms with van der Waals surface area (Å²) in [4.78, 5) is 0. The predicted molar refractivity (Wildman–Crippen MR) is 70.4 cm³/mol. The molecule has 0 aromatic heterocycles. The first kappa shape index (κ1) is 14.5. The molecule has 0 spiro atoms. The number of benzene rings is 1. The van der Waals surface area contributed by atoms with Gasteiger partial charge in [0, 0.05) is 31.8 Å². The third kappa shape index (κ3) is 5.04. The molecular weight excluding hydrogens is 238 g/mol. The molecule has 1 rings (SSSR count). The van der Waals surface area contributed by atoms with Crippen molar-refractivity contribution in [3.63, 3.8) is 0 Å². The Kier molecular flexibility index (Phi) is 6.52. The summed E-state index contributed by atoms with van der Waals surface area (Å²) in [6, 6.07) is 8.22. The standard InChI is InChI=1S/C13H20ClNO2/c1-10(15-9-13(16-2)17-3)8-11-6-4-5-7-12(11)14/h4-7,10,13,15H,8-9H2,1-3H3. The zero-order chi connectivity index (χ0) is 12.7. The molecule has 0 aliphatic heterocycles. The summed E-state index contributed by atoms with van der Waals surface area (Å²) in [5.74, 6) is 0. The fourth-order valence-corrected chi connectivity index (χ4v) is 1.84. The van der Waals surface area contributed by atoms with E-state index in [2.05, 4.69) is 12.2 Å². The van der Waals surface area contributed by atoms with E-state index < -0.39 is 0 Å². The van der Waals surface area contributed by atoms with Gasteiger partial charge in [0.05, 0.1) is 0 Å². The van der Waals surface area contributed by atoms with Crippen molar-refractivity contribution >= 4 is 11.6 Å². The highest BCUT2D eigenvalue weighted by Gasteiger charge is 2.09. The van der Waals surface area contributed by atoms with Crippen molar-refractivity contribution in [3.05, 3.63) is 34.9 Å². The Morgan fingerprint density at radius 3 is 2.47 bits per heavy atom. The Hall–Kier alpha value is -0.610. The summed E-state index contributed by atoms with van der Waals surface area (Å²) in [7, 11) is 3.27. The number of rotatable bonds is 7. The van der Waals surface area contributed by atoms with Crippen molar-refractivity contribution in [1.82, 2.24) is 5.32 Å². The average Bonchev–Trinajstić information content (AvgIpc) is 2.33. The van der Waals surface area contributed by atoms with Gasteiger partial charge in [0.1, 0.15) is 0 Å². The van der Waals surface area contributed by atoms with Crippen molar-refractivity contribution in [1.29, 1.82) is 0 Å². The van der Waals surface area contributed by atoms with Crippen molar-refractivity contribution in [2.75, 3.05) is 20.8 Å². The van der Waals surface area contributed by atoms with E-state index in [-0.39, 0.29) is 6.29 Å². The van der Waals surface area contributed by atoms with Crippen LogP contribution in [-0.2, 0) is 15.9 Å². The highest BCUT2D eigenvalue weighted by atomic mass is 35.5. The monoisotopic (exact) mass is 257 g/mol. The van der Waals surface area contributed by atoms with E-state index in [4.69, 9.17) is 21.1 Å². The van der Waals surface area contributed by atoms with Gasteiger partial charge >= 0.3 is 0 Å². The molecule has 1 atom stereocenters. The largest absolute Gasteiger partial charge is 0.355 e. The lowest BCUT2D eigenvalue weighted by Crippen LogP contribution is -2.36. The Morgan fingerprint density at radius 2 is 1.88 bits per heavy atom. The second-order valence-electron chi connectivity index (χ2n) is 4.01. The van der Waals surface area contributed by atoms with Crippen molar-refractivity contribution in [3.8, 4) is 0 Å². The molecule has 0 radical (unpaired) electrons. The highest BCUT2D eigenvalue weighted by molar-refractivity contribution is 6.31. The minimum atomic E-state index is -0.205. The first-order chi connectivity index (χ1) is 8.17. The predicted octanol–water partition coefficient (Wildman–Crippen LogP) is 2.48. The molecule has 17 heavy (non-hydrogen) atoms. The molecule has 0 fully saturated rings. The molecule has 96 valence electrons. The molecule has 0 bridgehead atoms. The van der Waals surface area contributed by atoms with Gasteiger partial charge in [-0.25, -0.2) is 0 Å². The van der Waals surface area contributed by atoms with Crippen LogP contribution in [0.5, 0.6) is 0 Å². The van der Waals surface area contributed by atoms with Crippen molar-refractivity contribution in [2.24, 2.45) is 0 Å². The lowest BCUT2D eigenvalue weighted by Gasteiger charge is -2.19. The number of nitrogens with one attached hydrogen (secondary N) is 1. The molecule has 0 heterocycles. The number of methoxy groups -OCH3 is 2. The maximum atomic E-state index is 6.11. The third-order valence-corrected chi connectivity index (χ3v) is 3.01. The van der Waals surface area contributed by atoms with Gasteiger partial charge in [-0.3, -0.25) is 0 Å². The fraction of sp³-hybridized carbons (Fsp3) is 0.538. The SMILES string of the molecule is COC(CNC(C)Cc1ccccc1Cl)OC. The smallest absolute Gasteiger partial charge is 0.169 e. The molecule has 1 N–H and O–H groups in total. The van der Waals surface area contributed by atoms with Crippen LogP contribution in [-0.4, -0.2) is 33.1 Å². The minimum absolute atomic E-state index is 0.205. The lowest BCUT2D eigenvalue weighted by molar-refractivity contribution is -0.0996. The van der Waals surface area contributed by atoms with Gasteiger partial charge in [0.25, 0.3) is 0 Å². The summed E-state index contributed by atoms with van der Waals surface area (Å²) in [6.45, 7) is 2.78. The van der Waals surface area contributed by atoms with Crippen LogP contribution < -0.4 is 5.32 Å². The Balaban J connectivity index is 2.39. The zero-order valence-corrected chi connectivity index (χ0v) is 11.3. The summed E-state index contributed by atoms with van der Waals surface area (Å²) < 4.78 is 10.2. The normalized spacial score (nSPS) is 13.0. The quantitative estimate of drug-likeness (QED) is 0.762. The van der Waals surface area contributed by atoms with Gasteiger partial charge in [-0.2, -0.15) is 0 Å². The van der Waals surface area contributed by atoms with Gasteiger partial charge in [0.2, 0.25) is 0 Å². The molecule has 1 aromatic carbocycles. The molecule has 0 saturated carbocycles. The van der Waals surface area contributed by atoms with Gasteiger partial charge < -0.3 is 14.8 Å². The summed E-state index contributed by atoms with van der Waals surface area (Å²) in [5.41, 5.74) is 1.15. The van der Waals surface area contributed by atoms with Crippen LogP contribution >= 0.6 is 11.6 Å². The van der Waals surface area contributed by atoms with Gasteiger partial charge in [-0.05, 0) is 25.0 Å². The zero-order valence-electron chi connectivity index (χ0n) is 10.6. The van der Waals surface area contributed by atoms with Gasteiger partial charge in [-0.1, -0.05) is 29.8 Å². The molecular formula is C13H20ClNO2. The fourth-order valence-electron chi connectivity index (χ4n) is 1.63. The first-order valence-electron chi connectivity index (χ1n) is 5.69. The van der Waals surface area contributed by atoms with E-state index in [0.29, 0.717) is 12.6 Å². The van der Waals surface area contributed by atoms with E-state index in [1.54, 1.807) is 14.2 Å². The molecule has 0 aliphatic rings. The minimum Gasteiger partial charge on any atom is -0.355 e. The van der Waals surface area contributed by atoms with Crippen LogP contribution in [0.3, 0.4) is 0 Å². The van der Waals surface area contributed by atoms with Crippen LogP contribution in [0, 0.1) is 0 Å². The number of hydrogen-bond donors (Lipinski definition) is 1. The Morgan fingerprint density at radius 1 is 1.24 bits per heavy atom. The van der Waals surface area contributed by atoms with E-state index in [9.17, 15) is 0 Å². The molecule has 0 saturated heterocycles. The molecule has 0 aliphatic carbocycles. The second-order valence-corrected chi connectivity index (χ2v) is 4.41. The van der Waals surface area contributed by atoms with Crippen LogP contribution in [0.15, 0.2) is 24.3 Å². The maximum Gasteiger partial charge on any atom is 0.169 e. The van der Waals surface area contributed by atoms with Crippen LogP contribution in [0.4, 0.5) is 0 Å². The molecule has 1 aromatic rings. The van der Waals surface area contributed by atoms with Gasteiger partial charge in [-0.15, -0.1) is 0 Å². The highest BCUT2D eigenvalue weighted by Crippen LogP contribution is 2.16. The number of hydrogen-bond acceptors (Lipinski definition) is 3. The molecule has 3 nitrogen and oxygen atoms in total. The van der Waals surface area contributed by atoms with E-state index >= 15 is 0 Å². The molecule has 4 heteroatoms. The number of halogens is 1. The summed E-state index contributed by atoms with van der Waals surface area (Å²) in [5, 5.41) is 4.17. The van der Waals surface area contributed by atoms with Gasteiger partial charge in [0.15, 0.2) is 6.29 Å². The topological polar surface area (TPSA) is 30.5 Å². The van der Waals surface area contributed by atoms with E-state index in [1.165, 1.54) is 0 Å². The third-order valence-electron chi connectivity index (χ3n) is 2.64. The lowest BCUT2D eigenvalue weighted by atomic mass is 10.1. The van der Waals surface area contributed by atoms with E-state index in [1.807, 2.05) is 24.3 Å². The van der Waals surface area contributed by atoms with Crippen LogP contribution in [0.1, 0.15) is 12.5 Å². The number of ether oxygens (including phenoxy) is 2. The van der Waals surface area contributed by atoms with E-state index in [0.717, 1.165) is 17.0 Å². The van der Waals surface area contributed by atoms with Crippen molar-refractivity contribution in [2.45, 2.75) is 25.7 Å². The second kappa shape index (κ2) is 7.67. The summed E-state index contributed by atoms with van der Waals surface area (Å²) >= 11 is 6.11. The average molecular weight is 258 g/mol. The Bertz CT molecular complexity index is 329. The summed E-state index contributed by atoms with van der Waals surface area (Å²) in [6.07, 6.45) is 0.684. The first-order valence-corrected chi connectivity index (χ1v) is 6.07. The molecule has 1 unspecified atom stereocenters. The van der Waals surface area contributed by atoms with Crippen LogP contribution in [0.25, 0.3) is 0 Å².